The third-order valence-corrected chi connectivity index (χ3v) is 5.45. The van der Waals surface area contributed by atoms with E-state index in [1.807, 2.05) is 6.07 Å². The number of hydrogen-bond acceptors (Lipinski definition) is 1. The molecule has 1 heterocycles. The van der Waals surface area contributed by atoms with E-state index >= 15 is 0 Å². The lowest BCUT2D eigenvalue weighted by Crippen LogP contribution is -1.96. The molecule has 0 fully saturated rings. The van der Waals surface area contributed by atoms with Gasteiger partial charge in [0.25, 0.3) is 0 Å². The fraction of sp³-hybridized carbons (Fsp3) is 0.0909. The predicted molar refractivity (Wildman–Crippen MR) is 78.8 cm³/mol. The zero-order chi connectivity index (χ0) is 13.4. The van der Waals surface area contributed by atoms with Gasteiger partial charge in [-0.1, -0.05) is 11.6 Å². The Kier molecular flexibility index (Phi) is 4.70. The van der Waals surface area contributed by atoms with Crippen LogP contribution in [0.3, 0.4) is 0 Å². The molecule has 2 aromatic rings. The van der Waals surface area contributed by atoms with Crippen LogP contribution >= 0.6 is 66.4 Å². The fourth-order valence-electron chi connectivity index (χ4n) is 1.43. The van der Waals surface area contributed by atoms with E-state index in [1.165, 1.54) is 11.3 Å². The molecule has 0 amide bonds. The first kappa shape index (κ1) is 14.7. The van der Waals surface area contributed by atoms with Gasteiger partial charge < -0.3 is 0 Å². The van der Waals surface area contributed by atoms with E-state index in [1.54, 1.807) is 0 Å². The average molecular weight is 437 g/mol. The summed E-state index contributed by atoms with van der Waals surface area (Å²) in [5.74, 6) is -1.95. The van der Waals surface area contributed by atoms with Gasteiger partial charge in [0, 0.05) is 10.6 Å². The highest BCUT2D eigenvalue weighted by atomic mass is 79.9. The van der Waals surface area contributed by atoms with Crippen molar-refractivity contribution in [3.05, 3.63) is 53.6 Å². The molecule has 18 heavy (non-hydrogen) atoms. The first-order valence-corrected chi connectivity index (χ1v) is 7.85. The topological polar surface area (TPSA) is 0 Å². The lowest BCUT2D eigenvalue weighted by molar-refractivity contribution is 0.507. The summed E-state index contributed by atoms with van der Waals surface area (Å²) in [7, 11) is 0. The number of alkyl halides is 1. The second-order valence-electron chi connectivity index (χ2n) is 3.43. The van der Waals surface area contributed by atoms with Crippen LogP contribution in [0.4, 0.5) is 8.78 Å². The first-order valence-electron chi connectivity index (χ1n) is 4.63. The van der Waals surface area contributed by atoms with Crippen molar-refractivity contribution < 1.29 is 8.78 Å². The summed E-state index contributed by atoms with van der Waals surface area (Å²) in [6, 6.07) is 3.76. The Hall–Kier alpha value is 0.320. The van der Waals surface area contributed by atoms with Gasteiger partial charge in [0.1, 0.15) is 0 Å². The van der Waals surface area contributed by atoms with Crippen LogP contribution in [0.15, 0.2) is 25.8 Å². The molecule has 0 spiro atoms. The van der Waals surface area contributed by atoms with Crippen LogP contribution in [-0.4, -0.2) is 0 Å². The smallest absolute Gasteiger partial charge is 0.160 e. The Morgan fingerprint density at radius 1 is 1.06 bits per heavy atom. The third kappa shape index (κ3) is 2.90. The minimum absolute atomic E-state index is 0.100. The summed E-state index contributed by atoms with van der Waals surface area (Å²) >= 11 is 20.3. The number of halogens is 6. The van der Waals surface area contributed by atoms with E-state index in [2.05, 4.69) is 31.9 Å². The van der Waals surface area contributed by atoms with Crippen LogP contribution in [0.1, 0.15) is 16.5 Å². The summed E-state index contributed by atoms with van der Waals surface area (Å²) < 4.78 is 27.9. The summed E-state index contributed by atoms with van der Waals surface area (Å²) in [6.45, 7) is 0. The van der Waals surface area contributed by atoms with Gasteiger partial charge in [0.05, 0.1) is 12.9 Å². The second-order valence-corrected chi connectivity index (χ2v) is 8.02. The highest BCUT2D eigenvalue weighted by Crippen LogP contribution is 2.42. The van der Waals surface area contributed by atoms with E-state index < -0.39 is 17.0 Å². The third-order valence-electron chi connectivity index (χ3n) is 2.27. The van der Waals surface area contributed by atoms with Crippen molar-refractivity contribution in [1.29, 1.82) is 0 Å². The molecule has 96 valence electrons. The second kappa shape index (κ2) is 5.75. The summed E-state index contributed by atoms with van der Waals surface area (Å²) in [5.41, 5.74) is 1.09. The van der Waals surface area contributed by atoms with Crippen LogP contribution in [0, 0.1) is 11.6 Å². The molecule has 1 atom stereocenters. The Bertz CT molecular complexity index is 601. The van der Waals surface area contributed by atoms with Gasteiger partial charge in [0.2, 0.25) is 0 Å². The number of hydrogen-bond donors (Lipinski definition) is 0. The molecule has 1 aromatic carbocycles. The summed E-state index contributed by atoms with van der Waals surface area (Å²) in [5, 5.41) is -0.548. The molecule has 0 aliphatic heterocycles. The predicted octanol–water partition coefficient (Wildman–Crippen LogP) is 6.53. The van der Waals surface area contributed by atoms with Gasteiger partial charge in [0.15, 0.2) is 11.6 Å². The molecule has 0 saturated heterocycles. The molecule has 0 nitrogen and oxygen atoms in total. The average Bonchev–Trinajstić information content (AvgIpc) is 2.62. The van der Waals surface area contributed by atoms with Crippen molar-refractivity contribution >= 4 is 66.4 Å². The van der Waals surface area contributed by atoms with Crippen LogP contribution in [0.5, 0.6) is 0 Å². The molecular formula is C11H4Br2Cl2F2S. The molecule has 0 bridgehead atoms. The molecule has 1 unspecified atom stereocenters. The van der Waals surface area contributed by atoms with E-state index in [0.29, 0.717) is 5.56 Å². The number of benzene rings is 1. The lowest BCUT2D eigenvalue weighted by atomic mass is 10.1. The van der Waals surface area contributed by atoms with Crippen molar-refractivity contribution in [3.63, 3.8) is 0 Å². The van der Waals surface area contributed by atoms with Crippen molar-refractivity contribution in [2.45, 2.75) is 5.38 Å². The Morgan fingerprint density at radius 3 is 2.22 bits per heavy atom. The first-order chi connectivity index (χ1) is 8.40. The molecule has 1 aromatic heterocycles. The summed E-state index contributed by atoms with van der Waals surface area (Å²) in [4.78, 5) is 0. The largest absolute Gasteiger partial charge is 0.204 e. The number of rotatable bonds is 2. The zero-order valence-corrected chi connectivity index (χ0v) is 14.0. The van der Waals surface area contributed by atoms with Crippen LogP contribution in [-0.2, 0) is 0 Å². The molecule has 0 saturated carbocycles. The maximum absolute atomic E-state index is 13.2. The van der Waals surface area contributed by atoms with Gasteiger partial charge >= 0.3 is 0 Å². The van der Waals surface area contributed by atoms with Crippen LogP contribution in [0.2, 0.25) is 5.02 Å². The van der Waals surface area contributed by atoms with Crippen molar-refractivity contribution in [1.82, 2.24) is 0 Å². The van der Waals surface area contributed by atoms with Crippen LogP contribution in [0.25, 0.3) is 0 Å². The lowest BCUT2D eigenvalue weighted by Gasteiger charge is -2.11. The number of thiophene rings is 1. The standard InChI is InChI=1S/C11H4Br2Cl2F2S/c12-9-2-5(11(13)18-9)10(15)4-1-7(16)8(17)3-6(4)14/h1-3,10H. The van der Waals surface area contributed by atoms with Crippen molar-refractivity contribution in [2.24, 2.45) is 0 Å². The quantitative estimate of drug-likeness (QED) is 0.370. The molecule has 2 rings (SSSR count). The van der Waals surface area contributed by atoms with E-state index in [4.69, 9.17) is 23.2 Å². The SMILES string of the molecule is Fc1cc(Cl)c(C(Cl)c2cc(Br)sc2Br)cc1F. The Labute approximate surface area is 133 Å². The van der Waals surface area contributed by atoms with Gasteiger partial charge in [-0.15, -0.1) is 22.9 Å². The minimum atomic E-state index is -0.988. The van der Waals surface area contributed by atoms with E-state index in [-0.39, 0.29) is 5.02 Å². The summed E-state index contributed by atoms with van der Waals surface area (Å²) in [6.07, 6.45) is 0. The van der Waals surface area contributed by atoms with Gasteiger partial charge in [-0.2, -0.15) is 0 Å². The van der Waals surface area contributed by atoms with E-state index in [9.17, 15) is 8.78 Å². The fourth-order valence-corrected chi connectivity index (χ4v) is 5.19. The highest BCUT2D eigenvalue weighted by molar-refractivity contribution is 9.12. The van der Waals surface area contributed by atoms with Crippen LogP contribution < -0.4 is 0 Å². The van der Waals surface area contributed by atoms with E-state index in [0.717, 1.165) is 25.3 Å². The maximum Gasteiger partial charge on any atom is 0.160 e. The van der Waals surface area contributed by atoms with Crippen molar-refractivity contribution in [3.8, 4) is 0 Å². The van der Waals surface area contributed by atoms with Gasteiger partial charge in [-0.3, -0.25) is 0 Å². The van der Waals surface area contributed by atoms with Crippen molar-refractivity contribution in [2.75, 3.05) is 0 Å². The maximum atomic E-state index is 13.2. The molecule has 0 N–H and O–H groups in total. The van der Waals surface area contributed by atoms with Gasteiger partial charge in [-0.25, -0.2) is 8.78 Å². The molecule has 0 aliphatic carbocycles. The normalized spacial score (nSPS) is 12.8. The molecule has 7 heteroatoms. The monoisotopic (exact) mass is 434 g/mol. The highest BCUT2D eigenvalue weighted by Gasteiger charge is 2.21. The molecule has 0 radical (unpaired) electrons. The minimum Gasteiger partial charge on any atom is -0.204 e. The zero-order valence-electron chi connectivity index (χ0n) is 8.49. The Balaban J connectivity index is 2.49. The molecule has 0 aliphatic rings. The molecular weight excluding hydrogens is 433 g/mol. The Morgan fingerprint density at radius 2 is 1.67 bits per heavy atom. The van der Waals surface area contributed by atoms with Gasteiger partial charge in [-0.05, 0) is 55.6 Å².